The zero-order valence-corrected chi connectivity index (χ0v) is 18.2. The molecule has 0 saturated heterocycles. The number of rotatable bonds is 8. The summed E-state index contributed by atoms with van der Waals surface area (Å²) in [7, 11) is -3.66. The van der Waals surface area contributed by atoms with Crippen LogP contribution in [0.25, 0.3) is 11.0 Å². The number of aryl methyl sites for hydroxylation is 2. The third-order valence-corrected chi connectivity index (χ3v) is 6.86. The molecule has 156 valence electrons. The van der Waals surface area contributed by atoms with Crippen molar-refractivity contribution in [2.75, 3.05) is 13.1 Å². The minimum Gasteiger partial charge on any atom is -0.357 e. The number of hydrogen-bond acceptors (Lipinski definition) is 5. The Morgan fingerprint density at radius 3 is 2.76 bits per heavy atom. The summed E-state index contributed by atoms with van der Waals surface area (Å²) >= 11 is 1.14. The van der Waals surface area contributed by atoms with Crippen molar-refractivity contribution in [1.29, 1.82) is 0 Å². The number of guanidine groups is 1. The molecular weight excluding hydrogens is 408 g/mol. The number of nitrogens with zero attached hydrogens (tertiary/aromatic N) is 3. The highest BCUT2D eigenvalue weighted by Gasteiger charge is 2.11. The fraction of sp³-hybridized carbons (Fsp3) is 0.368. The topological polar surface area (TPSA) is 114 Å². The van der Waals surface area contributed by atoms with Crippen LogP contribution in [0.4, 0.5) is 0 Å². The van der Waals surface area contributed by atoms with Gasteiger partial charge in [-0.1, -0.05) is 12.1 Å². The number of imidazole rings is 1. The number of aromatic nitrogens is 2. The molecule has 10 heteroatoms. The third kappa shape index (κ3) is 5.55. The molecule has 0 spiro atoms. The van der Waals surface area contributed by atoms with Gasteiger partial charge in [-0.25, -0.2) is 23.5 Å². The van der Waals surface area contributed by atoms with Crippen molar-refractivity contribution in [3.05, 3.63) is 47.1 Å². The Kier molecular flexibility index (Phi) is 6.88. The van der Waals surface area contributed by atoms with Gasteiger partial charge in [0.25, 0.3) is 0 Å². The second kappa shape index (κ2) is 9.38. The predicted molar refractivity (Wildman–Crippen MR) is 118 cm³/mol. The number of thiophene rings is 1. The first-order valence-corrected chi connectivity index (χ1v) is 11.8. The van der Waals surface area contributed by atoms with Crippen LogP contribution in [0, 0.1) is 6.92 Å². The van der Waals surface area contributed by atoms with E-state index in [9.17, 15) is 8.42 Å². The third-order valence-electron chi connectivity index (χ3n) is 4.35. The average molecular weight is 435 g/mol. The molecule has 0 saturated carbocycles. The Morgan fingerprint density at radius 1 is 1.24 bits per heavy atom. The van der Waals surface area contributed by atoms with E-state index in [0.29, 0.717) is 12.5 Å². The molecule has 0 aliphatic carbocycles. The van der Waals surface area contributed by atoms with Crippen molar-refractivity contribution in [2.45, 2.75) is 37.6 Å². The maximum atomic E-state index is 11.4. The molecule has 0 bridgehead atoms. The van der Waals surface area contributed by atoms with Crippen molar-refractivity contribution in [1.82, 2.24) is 20.2 Å². The molecule has 4 N–H and O–H groups in total. The van der Waals surface area contributed by atoms with Gasteiger partial charge in [-0.15, -0.1) is 11.3 Å². The number of primary sulfonamides is 1. The summed E-state index contributed by atoms with van der Waals surface area (Å²) in [6, 6.07) is 11.4. The van der Waals surface area contributed by atoms with Gasteiger partial charge >= 0.3 is 0 Å². The molecule has 0 amide bonds. The summed E-state index contributed by atoms with van der Waals surface area (Å²) in [5.74, 6) is 1.71. The van der Waals surface area contributed by atoms with Gasteiger partial charge in [0.2, 0.25) is 10.0 Å². The van der Waals surface area contributed by atoms with E-state index in [-0.39, 0.29) is 4.21 Å². The molecular formula is C19H26N6O2S2. The van der Waals surface area contributed by atoms with Crippen LogP contribution in [0.3, 0.4) is 0 Å². The van der Waals surface area contributed by atoms with E-state index in [1.807, 2.05) is 32.0 Å². The molecule has 3 aromatic rings. The highest BCUT2D eigenvalue weighted by Crippen LogP contribution is 2.20. The van der Waals surface area contributed by atoms with E-state index in [0.717, 1.165) is 59.1 Å². The Labute approximate surface area is 174 Å². The molecule has 0 radical (unpaired) electrons. The molecule has 0 aliphatic heterocycles. The smallest absolute Gasteiger partial charge is 0.247 e. The quantitative estimate of drug-likeness (QED) is 0.286. The molecule has 0 fully saturated rings. The summed E-state index contributed by atoms with van der Waals surface area (Å²) in [5.41, 5.74) is 2.16. The summed E-state index contributed by atoms with van der Waals surface area (Å²) < 4.78 is 25.2. The van der Waals surface area contributed by atoms with Gasteiger partial charge in [-0.3, -0.25) is 0 Å². The van der Waals surface area contributed by atoms with Gasteiger partial charge < -0.3 is 15.2 Å². The highest BCUT2D eigenvalue weighted by molar-refractivity contribution is 7.91. The van der Waals surface area contributed by atoms with Crippen LogP contribution in [-0.2, 0) is 23.1 Å². The monoisotopic (exact) mass is 434 g/mol. The number of benzene rings is 1. The number of fused-ring (bicyclic) bond motifs is 1. The van der Waals surface area contributed by atoms with Crippen molar-refractivity contribution in [3.63, 3.8) is 0 Å². The Bertz CT molecular complexity index is 1100. The first kappa shape index (κ1) is 21.3. The van der Waals surface area contributed by atoms with Gasteiger partial charge in [0.1, 0.15) is 10.0 Å². The number of nitrogens with two attached hydrogens (primary N) is 1. The molecule has 8 nitrogen and oxygen atoms in total. The number of hydrogen-bond donors (Lipinski definition) is 3. The molecule has 1 aromatic carbocycles. The summed E-state index contributed by atoms with van der Waals surface area (Å²) in [4.78, 5) is 9.97. The Morgan fingerprint density at radius 2 is 2.03 bits per heavy atom. The Balaban J connectivity index is 1.56. The lowest BCUT2D eigenvalue weighted by Gasteiger charge is -2.12. The maximum Gasteiger partial charge on any atom is 0.247 e. The molecule has 2 heterocycles. The van der Waals surface area contributed by atoms with Gasteiger partial charge in [-0.05, 0) is 44.5 Å². The molecule has 29 heavy (non-hydrogen) atoms. The van der Waals surface area contributed by atoms with Crippen molar-refractivity contribution >= 4 is 38.4 Å². The van der Waals surface area contributed by atoms with Crippen LogP contribution in [0.15, 0.2) is 45.6 Å². The fourth-order valence-corrected chi connectivity index (χ4v) is 4.72. The number of aliphatic imine (C=N–C) groups is 1. The van der Waals surface area contributed by atoms with Crippen LogP contribution < -0.4 is 15.8 Å². The summed E-state index contributed by atoms with van der Waals surface area (Å²) in [6.45, 7) is 6.77. The van der Waals surface area contributed by atoms with Crippen LogP contribution in [0.1, 0.15) is 24.0 Å². The first-order valence-electron chi connectivity index (χ1n) is 9.44. The highest BCUT2D eigenvalue weighted by atomic mass is 32.2. The standard InChI is InChI=1S/C19H26N6O2S2/c1-3-21-19(23-13-15-9-10-18(28-15)29(20,26)27)22-11-6-12-25-14(2)24-16-7-4-5-8-17(16)25/h4-5,7-10H,3,6,11-13H2,1-2H3,(H2,20,26,27)(H2,21,22,23). The van der Waals surface area contributed by atoms with Crippen LogP contribution >= 0.6 is 11.3 Å². The molecule has 3 rings (SSSR count). The normalized spacial score (nSPS) is 12.4. The molecule has 0 unspecified atom stereocenters. The molecule has 0 atom stereocenters. The number of nitrogens with one attached hydrogen (secondary N) is 2. The summed E-state index contributed by atoms with van der Waals surface area (Å²) in [6.07, 6.45) is 0.917. The molecule has 2 aromatic heterocycles. The largest absolute Gasteiger partial charge is 0.357 e. The van der Waals surface area contributed by atoms with Gasteiger partial charge in [0.15, 0.2) is 5.96 Å². The lowest BCUT2D eigenvalue weighted by molar-refractivity contribution is 0.600. The van der Waals surface area contributed by atoms with Crippen LogP contribution in [0.2, 0.25) is 0 Å². The predicted octanol–water partition coefficient (Wildman–Crippen LogP) is 2.20. The van der Waals surface area contributed by atoms with Crippen LogP contribution in [-0.4, -0.2) is 37.0 Å². The SMILES string of the molecule is CCNC(=NCc1ccc(S(N)(=O)=O)s1)NCCCn1c(C)nc2ccccc21. The zero-order valence-electron chi connectivity index (χ0n) is 16.6. The second-order valence-electron chi connectivity index (χ2n) is 6.54. The van der Waals surface area contributed by atoms with Gasteiger partial charge in [-0.2, -0.15) is 0 Å². The van der Waals surface area contributed by atoms with Crippen molar-refractivity contribution < 1.29 is 8.42 Å². The van der Waals surface area contributed by atoms with E-state index in [4.69, 9.17) is 5.14 Å². The number of sulfonamides is 1. The maximum absolute atomic E-state index is 11.4. The second-order valence-corrected chi connectivity index (χ2v) is 9.50. The summed E-state index contributed by atoms with van der Waals surface area (Å²) in [5, 5.41) is 11.7. The van der Waals surface area contributed by atoms with Crippen LogP contribution in [0.5, 0.6) is 0 Å². The van der Waals surface area contributed by atoms with Crippen molar-refractivity contribution in [3.8, 4) is 0 Å². The van der Waals surface area contributed by atoms with E-state index in [1.165, 1.54) is 6.07 Å². The fourth-order valence-electron chi connectivity index (χ4n) is 3.02. The van der Waals surface area contributed by atoms with Gasteiger partial charge in [0, 0.05) is 24.5 Å². The van der Waals surface area contributed by atoms with E-state index >= 15 is 0 Å². The molecule has 0 aliphatic rings. The van der Waals surface area contributed by atoms with E-state index < -0.39 is 10.0 Å². The minimum absolute atomic E-state index is 0.156. The average Bonchev–Trinajstić information content (AvgIpc) is 3.27. The number of para-hydroxylation sites is 2. The lowest BCUT2D eigenvalue weighted by Crippen LogP contribution is -2.38. The zero-order chi connectivity index (χ0) is 20.9. The Hall–Kier alpha value is -2.43. The lowest BCUT2D eigenvalue weighted by atomic mass is 10.3. The first-order chi connectivity index (χ1) is 13.9. The van der Waals surface area contributed by atoms with Crippen molar-refractivity contribution in [2.24, 2.45) is 10.1 Å². The van der Waals surface area contributed by atoms with E-state index in [2.05, 4.69) is 31.2 Å². The minimum atomic E-state index is -3.66. The van der Waals surface area contributed by atoms with Gasteiger partial charge in [0.05, 0.1) is 17.6 Å². The van der Waals surface area contributed by atoms with E-state index in [1.54, 1.807) is 6.07 Å².